The summed E-state index contributed by atoms with van der Waals surface area (Å²) in [6.07, 6.45) is 4.31. The van der Waals surface area contributed by atoms with Gasteiger partial charge in [0.15, 0.2) is 12.1 Å². The molecule has 186 valence electrons. The van der Waals surface area contributed by atoms with E-state index in [1.54, 1.807) is 19.1 Å². The number of aryl methyl sites for hydroxylation is 1. The van der Waals surface area contributed by atoms with E-state index in [2.05, 4.69) is 5.32 Å². The maximum Gasteiger partial charge on any atom is 0.362 e. The number of quaternary nitrogens is 1. The summed E-state index contributed by atoms with van der Waals surface area (Å²) in [7, 11) is 0. The number of hydrogen-bond acceptors (Lipinski definition) is 5. The highest BCUT2D eigenvalue weighted by Gasteiger charge is 2.62. The fourth-order valence-electron chi connectivity index (χ4n) is 5.58. The molecule has 1 aliphatic carbocycles. The molecule has 1 amide bonds. The molecule has 1 saturated carbocycles. The van der Waals surface area contributed by atoms with Crippen LogP contribution in [0.2, 0.25) is 0 Å². The Kier molecular flexibility index (Phi) is 7.55. The van der Waals surface area contributed by atoms with Crippen molar-refractivity contribution in [3.05, 3.63) is 65.2 Å². The van der Waals surface area contributed by atoms with E-state index in [1.165, 1.54) is 0 Å². The summed E-state index contributed by atoms with van der Waals surface area (Å²) in [6, 6.07) is 14.9. The van der Waals surface area contributed by atoms with Gasteiger partial charge in [-0.1, -0.05) is 42.5 Å². The lowest BCUT2D eigenvalue weighted by Gasteiger charge is -2.54. The van der Waals surface area contributed by atoms with Crippen molar-refractivity contribution in [2.24, 2.45) is 0 Å². The number of likely N-dealkylation sites (tertiary alicyclic amines) is 1. The first-order chi connectivity index (χ1) is 16.9. The average Bonchev–Trinajstić information content (AvgIpc) is 3.28. The zero-order valence-corrected chi connectivity index (χ0v) is 20.7. The molecule has 0 atom stereocenters. The Morgan fingerprint density at radius 1 is 0.943 bits per heavy atom. The first kappa shape index (κ1) is 24.9. The molecule has 1 heterocycles. The minimum atomic E-state index is -0.698. The smallest absolute Gasteiger partial charge is 0.362 e. The van der Waals surface area contributed by atoms with E-state index in [1.807, 2.05) is 43.3 Å². The summed E-state index contributed by atoms with van der Waals surface area (Å²) in [6.45, 7) is 5.83. The fourth-order valence-corrected chi connectivity index (χ4v) is 5.58. The number of benzene rings is 2. The first-order valence-electron chi connectivity index (χ1n) is 12.5. The number of nitrogens with one attached hydrogen (secondary N) is 1. The molecule has 1 saturated heterocycles. The number of nitrogens with zero attached hydrogens (tertiary/aromatic N) is 1. The number of esters is 2. The minimum absolute atomic E-state index is 0.124. The highest BCUT2D eigenvalue weighted by molar-refractivity contribution is 6.05. The van der Waals surface area contributed by atoms with Gasteiger partial charge in [-0.15, -0.1) is 0 Å². The molecule has 1 N–H and O–H groups in total. The molecule has 0 bridgehead atoms. The zero-order chi connectivity index (χ0) is 24.9. The third kappa shape index (κ3) is 4.96. The van der Waals surface area contributed by atoms with Gasteiger partial charge in [0.2, 0.25) is 0 Å². The van der Waals surface area contributed by atoms with Gasteiger partial charge >= 0.3 is 11.9 Å². The molecular weight excluding hydrogens is 444 g/mol. The van der Waals surface area contributed by atoms with Crippen molar-refractivity contribution < 1.29 is 28.3 Å². The van der Waals surface area contributed by atoms with Gasteiger partial charge in [0.05, 0.1) is 30.9 Å². The summed E-state index contributed by atoms with van der Waals surface area (Å²) in [5.74, 6) is -0.858. The number of ether oxygens (including phenoxy) is 2. The van der Waals surface area contributed by atoms with Crippen molar-refractivity contribution in [1.82, 2.24) is 0 Å². The molecule has 0 aromatic heterocycles. The highest BCUT2D eigenvalue weighted by atomic mass is 16.5. The van der Waals surface area contributed by atoms with Crippen molar-refractivity contribution in [3.63, 3.8) is 0 Å². The van der Waals surface area contributed by atoms with Crippen molar-refractivity contribution in [2.45, 2.75) is 58.1 Å². The molecule has 2 fully saturated rings. The van der Waals surface area contributed by atoms with Gasteiger partial charge in [-0.2, -0.15) is 0 Å². The van der Waals surface area contributed by atoms with E-state index < -0.39 is 11.5 Å². The Labute approximate surface area is 207 Å². The van der Waals surface area contributed by atoms with E-state index in [4.69, 9.17) is 9.47 Å². The van der Waals surface area contributed by atoms with Gasteiger partial charge in [0, 0.05) is 25.7 Å². The van der Waals surface area contributed by atoms with Crippen LogP contribution in [0.25, 0.3) is 0 Å². The number of carbonyl (C=O) groups excluding carboxylic acids is 3. The molecule has 0 spiro atoms. The third-order valence-corrected chi connectivity index (χ3v) is 7.61. The van der Waals surface area contributed by atoms with Crippen LogP contribution in [0.5, 0.6) is 0 Å². The lowest BCUT2D eigenvalue weighted by atomic mass is 9.72. The number of para-hydroxylation sites is 1. The molecule has 0 radical (unpaired) electrons. The summed E-state index contributed by atoms with van der Waals surface area (Å²) in [5, 5.41) is 3.09. The molecule has 35 heavy (non-hydrogen) atoms. The SMILES string of the molecule is CCOC(=O)c1cccc(C)c1NC(=O)C1([N+]2(CC(=O)OCc3ccccc3)CCCC2)CCC1. The van der Waals surface area contributed by atoms with Crippen LogP contribution in [0.3, 0.4) is 0 Å². The van der Waals surface area contributed by atoms with Crippen LogP contribution in [-0.2, 0) is 25.7 Å². The van der Waals surface area contributed by atoms with Crippen molar-refractivity contribution in [1.29, 1.82) is 0 Å². The topological polar surface area (TPSA) is 81.7 Å². The molecule has 7 nitrogen and oxygen atoms in total. The fraction of sp³-hybridized carbons (Fsp3) is 0.464. The molecule has 0 unspecified atom stereocenters. The van der Waals surface area contributed by atoms with Crippen LogP contribution >= 0.6 is 0 Å². The number of carbonyl (C=O) groups is 3. The largest absolute Gasteiger partial charge is 0.462 e. The molecule has 1 aliphatic heterocycles. The molecule has 2 aromatic carbocycles. The number of rotatable bonds is 9. The van der Waals surface area contributed by atoms with Crippen LogP contribution < -0.4 is 5.32 Å². The van der Waals surface area contributed by atoms with E-state index >= 15 is 0 Å². The van der Waals surface area contributed by atoms with Crippen LogP contribution in [0.15, 0.2) is 48.5 Å². The van der Waals surface area contributed by atoms with Crippen molar-refractivity contribution in [2.75, 3.05) is 31.6 Å². The maximum absolute atomic E-state index is 13.9. The Morgan fingerprint density at radius 3 is 2.29 bits per heavy atom. The van der Waals surface area contributed by atoms with Crippen LogP contribution in [0.1, 0.15) is 60.5 Å². The molecule has 7 heteroatoms. The van der Waals surface area contributed by atoms with Crippen molar-refractivity contribution in [3.8, 4) is 0 Å². The van der Waals surface area contributed by atoms with Crippen LogP contribution in [0.4, 0.5) is 5.69 Å². The Hall–Kier alpha value is -3.19. The van der Waals surface area contributed by atoms with E-state index in [0.717, 1.165) is 43.5 Å². The lowest BCUT2D eigenvalue weighted by Crippen LogP contribution is -2.72. The first-order valence-corrected chi connectivity index (χ1v) is 12.5. The van der Waals surface area contributed by atoms with Gasteiger partial charge < -0.3 is 19.3 Å². The standard InChI is InChI=1S/C28H34N2O5/c1-3-34-26(32)23-14-9-11-21(2)25(23)29-27(33)28(15-10-16-28)30(17-7-8-18-30)19-24(31)35-20-22-12-5-4-6-13-22/h4-6,9,11-14H,3,7-8,10,15-20H2,1-2H3/p+1. The lowest BCUT2D eigenvalue weighted by molar-refractivity contribution is -0.955. The van der Waals surface area contributed by atoms with Gasteiger partial charge in [-0.05, 0) is 37.5 Å². The molecule has 2 aliphatic rings. The minimum Gasteiger partial charge on any atom is -0.462 e. The van der Waals surface area contributed by atoms with Gasteiger partial charge in [0.1, 0.15) is 6.61 Å². The van der Waals surface area contributed by atoms with Crippen molar-refractivity contribution >= 4 is 23.5 Å². The van der Waals surface area contributed by atoms with Crippen LogP contribution in [0, 0.1) is 6.92 Å². The summed E-state index contributed by atoms with van der Waals surface area (Å²) in [5.41, 5.74) is 1.89. The second-order valence-corrected chi connectivity index (χ2v) is 9.66. The normalized spacial score (nSPS) is 17.8. The number of anilines is 1. The Balaban J connectivity index is 1.55. The van der Waals surface area contributed by atoms with E-state index in [-0.39, 0.29) is 31.6 Å². The van der Waals surface area contributed by atoms with E-state index in [9.17, 15) is 14.4 Å². The Bertz CT molecular complexity index is 1070. The zero-order valence-electron chi connectivity index (χ0n) is 20.7. The van der Waals surface area contributed by atoms with Gasteiger partial charge in [0.25, 0.3) is 5.91 Å². The predicted molar refractivity (Wildman–Crippen MR) is 133 cm³/mol. The second-order valence-electron chi connectivity index (χ2n) is 9.66. The molecule has 4 rings (SSSR count). The van der Waals surface area contributed by atoms with Crippen LogP contribution in [-0.4, -0.2) is 54.1 Å². The van der Waals surface area contributed by atoms with Gasteiger partial charge in [-0.3, -0.25) is 4.79 Å². The highest BCUT2D eigenvalue weighted by Crippen LogP contribution is 2.46. The third-order valence-electron chi connectivity index (χ3n) is 7.61. The monoisotopic (exact) mass is 479 g/mol. The average molecular weight is 480 g/mol. The second kappa shape index (κ2) is 10.6. The summed E-state index contributed by atoms with van der Waals surface area (Å²) >= 11 is 0. The quantitative estimate of drug-likeness (QED) is 0.426. The summed E-state index contributed by atoms with van der Waals surface area (Å²) in [4.78, 5) is 39.5. The maximum atomic E-state index is 13.9. The number of hydrogen-bond donors (Lipinski definition) is 1. The van der Waals surface area contributed by atoms with E-state index in [0.29, 0.717) is 28.6 Å². The van der Waals surface area contributed by atoms with Gasteiger partial charge in [-0.25, -0.2) is 9.59 Å². The molecular formula is C28H35N2O5+. The summed E-state index contributed by atoms with van der Waals surface area (Å²) < 4.78 is 11.3. The predicted octanol–water partition coefficient (Wildman–Crippen LogP) is 4.39. The number of amides is 1. The Morgan fingerprint density at radius 2 is 1.66 bits per heavy atom. The molecule has 2 aromatic rings.